The lowest BCUT2D eigenvalue weighted by Gasteiger charge is -2.50. The third kappa shape index (κ3) is 5.53. The van der Waals surface area contributed by atoms with Gasteiger partial charge in [-0.05, 0) is 6.07 Å². The summed E-state index contributed by atoms with van der Waals surface area (Å²) in [6, 6.07) is 4.70. The van der Waals surface area contributed by atoms with E-state index >= 15 is 0 Å². The Labute approximate surface area is 244 Å². The maximum Gasteiger partial charge on any atom is 0.276 e. The minimum absolute atomic E-state index is 0.0900. The first-order valence-corrected chi connectivity index (χ1v) is 14.8. The molecule has 0 aliphatic carbocycles. The molecule has 1 fully saturated rings. The number of anilines is 2. The molecule has 3 aromatic heterocycles. The summed E-state index contributed by atoms with van der Waals surface area (Å²) in [6.07, 6.45) is 1.81. The minimum atomic E-state index is -1.50. The Morgan fingerprint density at radius 2 is 2.22 bits per heavy atom. The molecule has 5 rings (SSSR count). The highest BCUT2D eigenvalue weighted by atomic mass is 32.2. The van der Waals surface area contributed by atoms with Crippen LogP contribution in [-0.2, 0) is 25.8 Å². The van der Waals surface area contributed by atoms with E-state index in [1.54, 1.807) is 0 Å². The molecule has 1 unspecified atom stereocenters. The Hall–Kier alpha value is -4.27. The number of thioether (sulfide) groups is 1. The van der Waals surface area contributed by atoms with Crippen molar-refractivity contribution in [1.82, 2.24) is 15.2 Å². The van der Waals surface area contributed by atoms with Gasteiger partial charge in [-0.3, -0.25) is 14.5 Å². The maximum atomic E-state index is 13.2. The number of thiazole rings is 1. The highest BCUT2D eigenvalue weighted by Crippen LogP contribution is 2.40. The van der Waals surface area contributed by atoms with Crippen molar-refractivity contribution in [1.29, 1.82) is 5.26 Å². The van der Waals surface area contributed by atoms with Crippen molar-refractivity contribution in [2.45, 2.75) is 18.0 Å². The van der Waals surface area contributed by atoms with Crippen LogP contribution in [0.4, 0.5) is 15.2 Å². The number of nitrogens with one attached hydrogen (secondary N) is 2. The minimum Gasteiger partial charge on any atom is -0.543 e. The van der Waals surface area contributed by atoms with Crippen LogP contribution in [0.1, 0.15) is 5.69 Å². The number of nitriles is 1. The SMILES string of the molecule is N#CCNc1csc2c1ccc[n+]2CC1=C(C(=O)[O-])N2C(=O)C(NC(=O)/C(=N\OCCF)c3csc(N)n3)[C@H]2SC1. The van der Waals surface area contributed by atoms with Crippen molar-refractivity contribution in [2.24, 2.45) is 5.16 Å². The van der Waals surface area contributed by atoms with E-state index in [4.69, 9.17) is 15.8 Å². The van der Waals surface area contributed by atoms with Crippen LogP contribution in [0, 0.1) is 11.3 Å². The van der Waals surface area contributed by atoms with Crippen LogP contribution >= 0.6 is 34.4 Å². The Kier molecular flexibility index (Phi) is 8.33. The summed E-state index contributed by atoms with van der Waals surface area (Å²) in [5.41, 5.74) is 6.49. The van der Waals surface area contributed by atoms with Crippen molar-refractivity contribution in [3.8, 4) is 6.07 Å². The van der Waals surface area contributed by atoms with Crippen LogP contribution in [0.15, 0.2) is 45.5 Å². The lowest BCUT2D eigenvalue weighted by molar-refractivity contribution is -0.661. The topological polar surface area (TPSA) is 190 Å². The molecule has 0 spiro atoms. The predicted molar refractivity (Wildman–Crippen MR) is 148 cm³/mol. The number of hydrogen-bond donors (Lipinski definition) is 3. The van der Waals surface area contributed by atoms with Crippen molar-refractivity contribution < 1.29 is 33.3 Å². The van der Waals surface area contributed by atoms with Crippen molar-refractivity contribution in [3.05, 3.63) is 46.1 Å². The number of carboxylic acid groups (broad SMARTS) is 1. The van der Waals surface area contributed by atoms with Crippen LogP contribution in [0.2, 0.25) is 0 Å². The van der Waals surface area contributed by atoms with Gasteiger partial charge in [0.2, 0.25) is 0 Å². The molecule has 212 valence electrons. The number of aromatic nitrogens is 2. The zero-order valence-corrected chi connectivity index (χ0v) is 23.5. The number of fused-ring (bicyclic) bond motifs is 2. The van der Waals surface area contributed by atoms with E-state index in [1.807, 2.05) is 34.3 Å². The summed E-state index contributed by atoms with van der Waals surface area (Å²) in [5.74, 6) is -2.67. The first-order chi connectivity index (χ1) is 19.8. The number of thiophene rings is 1. The first kappa shape index (κ1) is 28.3. The average Bonchev–Trinajstić information content (AvgIpc) is 3.58. The largest absolute Gasteiger partial charge is 0.543 e. The second kappa shape index (κ2) is 12.1. The quantitative estimate of drug-likeness (QED) is 0.0658. The summed E-state index contributed by atoms with van der Waals surface area (Å²) in [6.45, 7) is -0.884. The predicted octanol–water partition coefficient (Wildman–Crippen LogP) is -0.0427. The Morgan fingerprint density at radius 1 is 1.39 bits per heavy atom. The second-order valence-corrected chi connectivity index (χ2v) is 11.5. The Bertz CT molecular complexity index is 1630. The molecule has 5 heterocycles. The smallest absolute Gasteiger partial charge is 0.276 e. The number of carboxylic acids is 1. The van der Waals surface area contributed by atoms with Gasteiger partial charge in [-0.1, -0.05) is 16.5 Å². The van der Waals surface area contributed by atoms with Crippen LogP contribution in [-0.4, -0.2) is 70.4 Å². The number of nitrogens with two attached hydrogens (primary N) is 1. The number of amides is 2. The summed E-state index contributed by atoms with van der Waals surface area (Å²) in [7, 11) is 0. The number of halogens is 1. The lowest BCUT2D eigenvalue weighted by Crippen LogP contribution is -2.71. The number of hydrogen-bond acceptors (Lipinski definition) is 13. The van der Waals surface area contributed by atoms with E-state index in [1.165, 1.54) is 28.5 Å². The van der Waals surface area contributed by atoms with Crippen LogP contribution < -0.4 is 26.0 Å². The van der Waals surface area contributed by atoms with Gasteiger partial charge in [0.15, 0.2) is 23.6 Å². The molecule has 1 saturated heterocycles. The van der Waals surface area contributed by atoms with Gasteiger partial charge in [-0.25, -0.2) is 9.37 Å². The fourth-order valence-electron chi connectivity index (χ4n) is 4.40. The summed E-state index contributed by atoms with van der Waals surface area (Å²) < 4.78 is 14.4. The molecule has 2 aliphatic heterocycles. The van der Waals surface area contributed by atoms with Gasteiger partial charge in [-0.2, -0.15) is 9.83 Å². The molecule has 0 bridgehead atoms. The molecular formula is C24H21FN8O5S3. The van der Waals surface area contributed by atoms with Gasteiger partial charge in [0.25, 0.3) is 16.6 Å². The zero-order chi connectivity index (χ0) is 29.1. The summed E-state index contributed by atoms with van der Waals surface area (Å²) >= 11 is 3.79. The van der Waals surface area contributed by atoms with Crippen molar-refractivity contribution >= 4 is 79.0 Å². The number of oxime groups is 1. The number of alkyl halides is 1. The van der Waals surface area contributed by atoms with E-state index in [-0.39, 0.29) is 47.7 Å². The molecule has 0 radical (unpaired) electrons. The van der Waals surface area contributed by atoms with Crippen molar-refractivity contribution in [3.63, 3.8) is 0 Å². The molecule has 3 aromatic rings. The fourth-order valence-corrected chi connectivity index (χ4v) is 7.29. The summed E-state index contributed by atoms with van der Waals surface area (Å²) in [4.78, 5) is 49.3. The monoisotopic (exact) mass is 616 g/mol. The molecule has 2 aliphatic rings. The number of aliphatic carboxylic acids is 1. The maximum absolute atomic E-state index is 13.2. The van der Waals surface area contributed by atoms with Gasteiger partial charge >= 0.3 is 0 Å². The highest BCUT2D eigenvalue weighted by Gasteiger charge is 2.53. The van der Waals surface area contributed by atoms with E-state index in [9.17, 15) is 23.9 Å². The molecule has 2 atom stereocenters. The second-order valence-electron chi connectivity index (χ2n) is 8.65. The zero-order valence-electron chi connectivity index (χ0n) is 21.0. The molecular weight excluding hydrogens is 596 g/mol. The van der Waals surface area contributed by atoms with Crippen LogP contribution in [0.25, 0.3) is 10.2 Å². The molecule has 0 aromatic carbocycles. The highest BCUT2D eigenvalue weighted by molar-refractivity contribution is 8.00. The van der Waals surface area contributed by atoms with E-state index in [0.717, 1.165) is 32.1 Å². The van der Waals surface area contributed by atoms with Gasteiger partial charge in [0.1, 0.15) is 36.9 Å². The third-order valence-corrected chi connectivity index (χ3v) is 9.19. The normalized spacial score (nSPS) is 18.5. The molecule has 13 nitrogen and oxygen atoms in total. The number of carbonyl (C=O) groups is 3. The third-order valence-electron chi connectivity index (χ3n) is 6.15. The van der Waals surface area contributed by atoms with E-state index in [2.05, 4.69) is 20.8 Å². The number of nitrogens with zero attached hydrogens (tertiary/aromatic N) is 5. The fraction of sp³-hybridized carbons (Fsp3) is 0.292. The van der Waals surface area contributed by atoms with Crippen molar-refractivity contribution in [2.75, 3.05) is 36.6 Å². The van der Waals surface area contributed by atoms with Gasteiger partial charge in [0, 0.05) is 28.2 Å². The van der Waals surface area contributed by atoms with Gasteiger partial charge < -0.3 is 31.1 Å². The first-order valence-electron chi connectivity index (χ1n) is 12.0. The van der Waals surface area contributed by atoms with E-state index < -0.39 is 35.9 Å². The summed E-state index contributed by atoms with van der Waals surface area (Å²) in [5, 5.41) is 34.1. The standard InChI is InChI=1S/C24H21FN8O5S3/c25-3-7-38-31-16(15-11-41-24(27)29-15)19(34)30-17-20(35)33-18(23(36)37)12(9-39-22(17)33)8-32-6-1-2-13-14(28-5-4-26)10-40-21(13)32/h1-2,6,10-11,17,22,28H,3,5,7-9H2,(H3-,27,29,30,34,36,37)/b31-16-/t17?,22-/m1/s1. The lowest BCUT2D eigenvalue weighted by atomic mass is 10.0. The Balaban J connectivity index is 1.36. The van der Waals surface area contributed by atoms with Crippen LogP contribution in [0.3, 0.4) is 0 Å². The number of β-lactam (4-membered cyclic amide) rings is 1. The van der Waals surface area contributed by atoms with Gasteiger partial charge in [-0.15, -0.1) is 23.1 Å². The number of carbonyl (C=O) groups excluding carboxylic acids is 3. The molecule has 41 heavy (non-hydrogen) atoms. The number of nitrogen functional groups attached to an aromatic ring is 1. The molecule has 17 heteroatoms. The number of rotatable bonds is 11. The number of pyridine rings is 1. The van der Waals surface area contributed by atoms with E-state index in [0.29, 0.717) is 5.57 Å². The van der Waals surface area contributed by atoms with Crippen LogP contribution in [0.5, 0.6) is 0 Å². The molecule has 0 saturated carbocycles. The molecule has 4 N–H and O–H groups in total. The molecule has 2 amide bonds. The Morgan fingerprint density at radius 3 is 2.93 bits per heavy atom. The average molecular weight is 617 g/mol. The van der Waals surface area contributed by atoms with Gasteiger partial charge in [0.05, 0.1) is 28.8 Å².